The number of rotatable bonds is 7. The van der Waals surface area contributed by atoms with E-state index >= 15 is 0 Å². The summed E-state index contributed by atoms with van der Waals surface area (Å²) < 4.78 is 32.2. The maximum Gasteiger partial charge on any atom is 0.326 e. The standard InChI is InChI=1S/C9H20N2O4S/c1-5-7-9(3,8(12)15-4)11-16(13,14)10-6-2/h10-11H,5-7H2,1-4H3. The van der Waals surface area contributed by atoms with E-state index in [-0.39, 0.29) is 6.54 Å². The van der Waals surface area contributed by atoms with Crippen LogP contribution >= 0.6 is 0 Å². The fourth-order valence-corrected chi connectivity index (χ4v) is 2.67. The van der Waals surface area contributed by atoms with Crippen molar-refractivity contribution in [2.75, 3.05) is 13.7 Å². The number of hydrogen-bond donors (Lipinski definition) is 2. The lowest BCUT2D eigenvalue weighted by molar-refractivity contribution is -0.147. The lowest BCUT2D eigenvalue weighted by Crippen LogP contribution is -2.55. The topological polar surface area (TPSA) is 84.5 Å². The van der Waals surface area contributed by atoms with Crippen molar-refractivity contribution in [2.45, 2.75) is 39.2 Å². The molecule has 0 aliphatic rings. The van der Waals surface area contributed by atoms with Crippen molar-refractivity contribution in [1.82, 2.24) is 9.44 Å². The second-order valence-electron chi connectivity index (χ2n) is 3.68. The molecular formula is C9H20N2O4S. The number of nitrogens with one attached hydrogen (secondary N) is 2. The highest BCUT2D eigenvalue weighted by Gasteiger charge is 2.37. The van der Waals surface area contributed by atoms with Crippen molar-refractivity contribution in [3.05, 3.63) is 0 Å². The number of methoxy groups -OCH3 is 1. The number of esters is 1. The Morgan fingerprint density at radius 1 is 1.38 bits per heavy atom. The highest BCUT2D eigenvalue weighted by molar-refractivity contribution is 7.87. The molecule has 1 atom stereocenters. The fourth-order valence-electron chi connectivity index (χ4n) is 1.44. The van der Waals surface area contributed by atoms with Gasteiger partial charge >= 0.3 is 5.97 Å². The lowest BCUT2D eigenvalue weighted by atomic mass is 9.98. The van der Waals surface area contributed by atoms with E-state index < -0.39 is 21.7 Å². The van der Waals surface area contributed by atoms with Crippen molar-refractivity contribution in [1.29, 1.82) is 0 Å². The minimum atomic E-state index is -3.67. The molecule has 0 aromatic rings. The second kappa shape index (κ2) is 6.17. The fraction of sp³-hybridized carbons (Fsp3) is 0.889. The van der Waals surface area contributed by atoms with Gasteiger partial charge in [-0.15, -0.1) is 0 Å². The zero-order valence-corrected chi connectivity index (χ0v) is 11.0. The molecule has 0 fully saturated rings. The Morgan fingerprint density at radius 2 is 1.94 bits per heavy atom. The third kappa shape index (κ3) is 4.46. The van der Waals surface area contributed by atoms with E-state index in [4.69, 9.17) is 0 Å². The maximum atomic E-state index is 11.5. The van der Waals surface area contributed by atoms with Crippen LogP contribution in [0, 0.1) is 0 Å². The molecule has 0 amide bonds. The molecule has 1 unspecified atom stereocenters. The van der Waals surface area contributed by atoms with Crippen molar-refractivity contribution < 1.29 is 17.9 Å². The van der Waals surface area contributed by atoms with Crippen LogP contribution in [-0.4, -0.2) is 33.6 Å². The van der Waals surface area contributed by atoms with E-state index in [0.29, 0.717) is 12.8 Å². The van der Waals surface area contributed by atoms with Crippen LogP contribution in [0.2, 0.25) is 0 Å². The first-order valence-corrected chi connectivity index (χ1v) is 6.66. The molecule has 0 radical (unpaired) electrons. The maximum absolute atomic E-state index is 11.5. The van der Waals surface area contributed by atoms with Gasteiger partial charge in [0.1, 0.15) is 5.54 Å². The molecule has 0 aliphatic heterocycles. The molecule has 6 nitrogen and oxygen atoms in total. The molecule has 2 N–H and O–H groups in total. The monoisotopic (exact) mass is 252 g/mol. The summed E-state index contributed by atoms with van der Waals surface area (Å²) in [5, 5.41) is 0. The smallest absolute Gasteiger partial charge is 0.326 e. The number of carbonyl (C=O) groups excluding carboxylic acids is 1. The Labute approximate surface area is 96.9 Å². The largest absolute Gasteiger partial charge is 0.468 e. The first-order chi connectivity index (χ1) is 7.31. The van der Waals surface area contributed by atoms with Crippen molar-refractivity contribution in [3.8, 4) is 0 Å². The van der Waals surface area contributed by atoms with E-state index in [1.807, 2.05) is 6.92 Å². The van der Waals surface area contributed by atoms with Crippen LogP contribution < -0.4 is 9.44 Å². The molecule has 7 heteroatoms. The van der Waals surface area contributed by atoms with Gasteiger partial charge in [0.2, 0.25) is 0 Å². The Hall–Kier alpha value is -0.660. The first-order valence-electron chi connectivity index (χ1n) is 5.18. The SMILES string of the molecule is CCCC(C)(NS(=O)(=O)NCC)C(=O)OC. The average molecular weight is 252 g/mol. The van der Waals surface area contributed by atoms with Crippen LogP contribution in [0.3, 0.4) is 0 Å². The van der Waals surface area contributed by atoms with Gasteiger partial charge in [-0.2, -0.15) is 13.1 Å². The highest BCUT2D eigenvalue weighted by Crippen LogP contribution is 2.15. The molecular weight excluding hydrogens is 232 g/mol. The summed E-state index contributed by atoms with van der Waals surface area (Å²) in [6.07, 6.45) is 1.05. The molecule has 0 heterocycles. The van der Waals surface area contributed by atoms with Gasteiger partial charge in [-0.3, -0.25) is 4.79 Å². The van der Waals surface area contributed by atoms with Gasteiger partial charge in [-0.05, 0) is 13.3 Å². The Balaban J connectivity index is 4.87. The van der Waals surface area contributed by atoms with Crippen molar-refractivity contribution >= 4 is 16.2 Å². The third-order valence-electron chi connectivity index (χ3n) is 2.08. The summed E-state index contributed by atoms with van der Waals surface area (Å²) in [7, 11) is -2.43. The summed E-state index contributed by atoms with van der Waals surface area (Å²) in [5.41, 5.74) is -1.22. The lowest BCUT2D eigenvalue weighted by Gasteiger charge is -2.27. The predicted molar refractivity (Wildman–Crippen MR) is 61.1 cm³/mol. The van der Waals surface area contributed by atoms with E-state index in [1.165, 1.54) is 14.0 Å². The van der Waals surface area contributed by atoms with Crippen LogP contribution in [0.4, 0.5) is 0 Å². The highest BCUT2D eigenvalue weighted by atomic mass is 32.2. The van der Waals surface area contributed by atoms with Gasteiger partial charge in [0.05, 0.1) is 7.11 Å². The summed E-state index contributed by atoms with van der Waals surface area (Å²) >= 11 is 0. The van der Waals surface area contributed by atoms with Crippen LogP contribution in [0.25, 0.3) is 0 Å². The number of hydrogen-bond acceptors (Lipinski definition) is 4. The molecule has 96 valence electrons. The van der Waals surface area contributed by atoms with E-state index in [0.717, 1.165) is 0 Å². The third-order valence-corrected chi connectivity index (χ3v) is 3.47. The Kier molecular flexibility index (Phi) is 5.91. The summed E-state index contributed by atoms with van der Waals surface area (Å²) in [6, 6.07) is 0. The van der Waals surface area contributed by atoms with E-state index in [1.54, 1.807) is 6.92 Å². The van der Waals surface area contributed by atoms with Gasteiger partial charge < -0.3 is 4.74 Å². The molecule has 0 aromatic heterocycles. The zero-order chi connectivity index (χ0) is 12.8. The second-order valence-corrected chi connectivity index (χ2v) is 5.18. The summed E-state index contributed by atoms with van der Waals surface area (Å²) in [4.78, 5) is 11.5. The van der Waals surface area contributed by atoms with Crippen LogP contribution in [0.1, 0.15) is 33.6 Å². The normalized spacial score (nSPS) is 15.5. The van der Waals surface area contributed by atoms with Gasteiger partial charge in [-0.1, -0.05) is 20.3 Å². The quantitative estimate of drug-likeness (QED) is 0.632. The molecule has 0 aromatic carbocycles. The molecule has 0 saturated heterocycles. The van der Waals surface area contributed by atoms with Gasteiger partial charge in [-0.25, -0.2) is 4.72 Å². The first kappa shape index (κ1) is 15.3. The van der Waals surface area contributed by atoms with Crippen LogP contribution in [0.5, 0.6) is 0 Å². The van der Waals surface area contributed by atoms with Crippen molar-refractivity contribution in [3.63, 3.8) is 0 Å². The molecule has 0 rings (SSSR count). The summed E-state index contributed by atoms with van der Waals surface area (Å²) in [6.45, 7) is 5.30. The van der Waals surface area contributed by atoms with Crippen molar-refractivity contribution in [2.24, 2.45) is 0 Å². The van der Waals surface area contributed by atoms with Gasteiger partial charge in [0, 0.05) is 6.54 Å². The minimum absolute atomic E-state index is 0.263. The van der Waals surface area contributed by atoms with Gasteiger partial charge in [0.25, 0.3) is 10.2 Å². The zero-order valence-electron chi connectivity index (χ0n) is 10.2. The van der Waals surface area contributed by atoms with Crippen LogP contribution in [-0.2, 0) is 19.7 Å². The molecule has 0 aliphatic carbocycles. The van der Waals surface area contributed by atoms with Crippen LogP contribution in [0.15, 0.2) is 0 Å². The van der Waals surface area contributed by atoms with Gasteiger partial charge in [0.15, 0.2) is 0 Å². The molecule has 16 heavy (non-hydrogen) atoms. The summed E-state index contributed by atoms with van der Waals surface area (Å²) in [5.74, 6) is -0.587. The molecule has 0 spiro atoms. The molecule has 0 saturated carbocycles. The Bertz CT molecular complexity index is 328. The average Bonchev–Trinajstić information content (AvgIpc) is 2.15. The predicted octanol–water partition coefficient (Wildman–Crippen LogP) is 0.162. The van der Waals surface area contributed by atoms with E-state index in [2.05, 4.69) is 14.2 Å². The number of carbonyl (C=O) groups is 1. The van der Waals surface area contributed by atoms with E-state index in [9.17, 15) is 13.2 Å². The Morgan fingerprint density at radius 3 is 2.31 bits per heavy atom. The minimum Gasteiger partial charge on any atom is -0.468 e. The molecule has 0 bridgehead atoms. The number of ether oxygens (including phenoxy) is 1.